The average molecular weight is 488 g/mol. The Bertz CT molecular complexity index is 1200. The Morgan fingerprint density at radius 3 is 2.68 bits per heavy atom. The summed E-state index contributed by atoms with van der Waals surface area (Å²) in [5.41, 5.74) is -1.07. The van der Waals surface area contributed by atoms with Crippen molar-refractivity contribution in [2.75, 3.05) is 11.9 Å². The van der Waals surface area contributed by atoms with E-state index in [4.69, 9.17) is 0 Å². The summed E-state index contributed by atoms with van der Waals surface area (Å²) >= 11 is 0. The molecule has 1 aliphatic heterocycles. The van der Waals surface area contributed by atoms with Crippen molar-refractivity contribution in [1.29, 1.82) is 0 Å². The fraction of sp³-hybridized carbons (Fsp3) is 0.421. The molecule has 3 aromatic rings. The lowest BCUT2D eigenvalue weighted by Crippen LogP contribution is -2.38. The van der Waals surface area contributed by atoms with Crippen LogP contribution in [0.4, 0.5) is 32.0 Å². The zero-order valence-corrected chi connectivity index (χ0v) is 17.6. The molecule has 15 heteroatoms. The highest BCUT2D eigenvalue weighted by molar-refractivity contribution is 5.90. The van der Waals surface area contributed by atoms with Crippen molar-refractivity contribution in [3.63, 3.8) is 0 Å². The third-order valence-electron chi connectivity index (χ3n) is 5.09. The predicted molar refractivity (Wildman–Crippen MR) is 105 cm³/mol. The first-order valence-electron chi connectivity index (χ1n) is 10.0. The molecule has 34 heavy (non-hydrogen) atoms. The van der Waals surface area contributed by atoms with Crippen molar-refractivity contribution in [2.45, 2.75) is 44.5 Å². The first-order chi connectivity index (χ1) is 15.9. The molecule has 0 saturated carbocycles. The fourth-order valence-electron chi connectivity index (χ4n) is 3.44. The molecule has 0 unspecified atom stereocenters. The third-order valence-corrected chi connectivity index (χ3v) is 5.09. The van der Waals surface area contributed by atoms with Gasteiger partial charge in [0.25, 0.3) is 5.92 Å². The molecule has 1 aliphatic rings. The zero-order valence-electron chi connectivity index (χ0n) is 17.6. The third kappa shape index (κ3) is 5.18. The van der Waals surface area contributed by atoms with Gasteiger partial charge in [-0.2, -0.15) is 23.0 Å². The van der Waals surface area contributed by atoms with E-state index < -0.39 is 48.5 Å². The number of rotatable bonds is 5. The van der Waals surface area contributed by atoms with Gasteiger partial charge in [0, 0.05) is 31.1 Å². The number of piperidine rings is 1. The highest BCUT2D eigenvalue weighted by Gasteiger charge is 2.38. The molecule has 0 spiro atoms. The maximum absolute atomic E-state index is 14.6. The van der Waals surface area contributed by atoms with Crippen LogP contribution in [-0.2, 0) is 17.5 Å². The number of halogens is 6. The van der Waals surface area contributed by atoms with Gasteiger partial charge in [-0.05, 0) is 13.0 Å². The van der Waals surface area contributed by atoms with Crippen molar-refractivity contribution < 1.29 is 31.1 Å². The second-order valence-electron chi connectivity index (χ2n) is 7.77. The lowest BCUT2D eigenvalue weighted by atomic mass is 10.0. The lowest BCUT2D eigenvalue weighted by molar-refractivity contribution is -0.141. The molecule has 1 fully saturated rings. The van der Waals surface area contributed by atoms with Crippen molar-refractivity contribution in [3.05, 3.63) is 47.7 Å². The summed E-state index contributed by atoms with van der Waals surface area (Å²) in [6.07, 6.45) is -3.19. The number of aromatic nitrogens is 6. The zero-order chi connectivity index (χ0) is 24.7. The van der Waals surface area contributed by atoms with Crippen molar-refractivity contribution in [1.82, 2.24) is 34.8 Å². The van der Waals surface area contributed by atoms with Crippen LogP contribution in [0.15, 0.2) is 24.7 Å². The second kappa shape index (κ2) is 8.70. The largest absolute Gasteiger partial charge is 0.435 e. The van der Waals surface area contributed by atoms with E-state index in [1.54, 1.807) is 0 Å². The van der Waals surface area contributed by atoms with Crippen molar-refractivity contribution >= 4 is 11.6 Å². The smallest absolute Gasteiger partial charge is 0.323 e. The van der Waals surface area contributed by atoms with Crippen LogP contribution < -0.4 is 10.6 Å². The summed E-state index contributed by atoms with van der Waals surface area (Å²) in [5, 5.41) is 12.6. The maximum atomic E-state index is 14.6. The number of pyridine rings is 1. The van der Waals surface area contributed by atoms with E-state index in [2.05, 4.69) is 30.8 Å². The summed E-state index contributed by atoms with van der Waals surface area (Å²) in [4.78, 5) is 20.0. The van der Waals surface area contributed by atoms with Crippen LogP contribution in [0.25, 0.3) is 5.82 Å². The van der Waals surface area contributed by atoms with E-state index in [1.807, 2.05) is 0 Å². The molecular weight excluding hydrogens is 470 g/mol. The minimum Gasteiger partial charge on any atom is -0.323 e. The summed E-state index contributed by atoms with van der Waals surface area (Å²) in [6.45, 7) is 0.918. The first-order valence-corrected chi connectivity index (χ1v) is 10.0. The van der Waals surface area contributed by atoms with Crippen LogP contribution in [0.1, 0.15) is 36.1 Å². The van der Waals surface area contributed by atoms with Crippen LogP contribution in [0, 0.1) is 12.7 Å². The maximum Gasteiger partial charge on any atom is 0.435 e. The van der Waals surface area contributed by atoms with Crippen LogP contribution in [0.3, 0.4) is 0 Å². The molecule has 4 rings (SSSR count). The number of anilines is 1. The van der Waals surface area contributed by atoms with Crippen LogP contribution in [0.2, 0.25) is 0 Å². The number of nitrogens with one attached hydrogen (secondary N) is 2. The van der Waals surface area contributed by atoms with E-state index in [-0.39, 0.29) is 36.0 Å². The Morgan fingerprint density at radius 1 is 1.26 bits per heavy atom. The molecule has 182 valence electrons. The molecule has 0 radical (unpaired) electrons. The van der Waals surface area contributed by atoms with Gasteiger partial charge < -0.3 is 10.6 Å². The van der Waals surface area contributed by atoms with Gasteiger partial charge in [0.1, 0.15) is 12.9 Å². The van der Waals surface area contributed by atoms with Crippen molar-refractivity contribution in [2.24, 2.45) is 0 Å². The van der Waals surface area contributed by atoms with Crippen molar-refractivity contribution in [3.8, 4) is 5.82 Å². The van der Waals surface area contributed by atoms with E-state index in [0.29, 0.717) is 0 Å². The molecule has 0 aromatic carbocycles. The number of carbonyl (C=O) groups is 1. The lowest BCUT2D eigenvalue weighted by Gasteiger charge is -2.28. The molecule has 9 nitrogen and oxygen atoms in total. The Kier molecular flexibility index (Phi) is 6.05. The number of nitrogens with zero attached hydrogens (tertiary/aromatic N) is 6. The number of alkyl halides is 5. The predicted octanol–water partition coefficient (Wildman–Crippen LogP) is 3.02. The molecule has 2 N–H and O–H groups in total. The molecule has 0 aliphatic carbocycles. The van der Waals surface area contributed by atoms with E-state index in [9.17, 15) is 31.1 Å². The monoisotopic (exact) mass is 488 g/mol. The Labute approximate surface area is 188 Å². The highest BCUT2D eigenvalue weighted by Crippen LogP contribution is 2.33. The van der Waals surface area contributed by atoms with Crippen LogP contribution >= 0.6 is 0 Å². The Morgan fingerprint density at radius 2 is 2.03 bits per heavy atom. The quantitative estimate of drug-likeness (QED) is 0.536. The average Bonchev–Trinajstić information content (AvgIpc) is 3.35. The van der Waals surface area contributed by atoms with E-state index in [0.717, 1.165) is 34.0 Å². The minimum absolute atomic E-state index is 0.0546. The molecule has 4 heterocycles. The minimum atomic E-state index is -4.65. The molecule has 1 saturated heterocycles. The summed E-state index contributed by atoms with van der Waals surface area (Å²) in [5.74, 6) is -4.72. The van der Waals surface area contributed by atoms with E-state index >= 15 is 0 Å². The molecular formula is C19H18F6N8O. The number of carbonyl (C=O) groups excluding carboxylic acids is 1. The van der Waals surface area contributed by atoms with Gasteiger partial charge in [0.15, 0.2) is 23.2 Å². The molecule has 1 amide bonds. The second-order valence-corrected chi connectivity index (χ2v) is 7.77. The van der Waals surface area contributed by atoms with Gasteiger partial charge in [0.2, 0.25) is 5.91 Å². The summed E-state index contributed by atoms with van der Waals surface area (Å²) < 4.78 is 82.0. The van der Waals surface area contributed by atoms with Gasteiger partial charge in [-0.1, -0.05) is 0 Å². The summed E-state index contributed by atoms with van der Waals surface area (Å²) in [6, 6.07) is 0.945. The topological polar surface area (TPSA) is 103 Å². The SMILES string of the molecule is Cc1cc(C(F)(F)F)nn1CC(=O)Nc1cnc(-n2cnc([C@H]3CC(F)(F)CCN3)n2)c(F)c1. The number of hydrogen-bond donors (Lipinski definition) is 2. The normalized spacial score (nSPS) is 18.1. The van der Waals surface area contributed by atoms with Gasteiger partial charge in [-0.15, -0.1) is 5.10 Å². The fourth-order valence-corrected chi connectivity index (χ4v) is 3.44. The molecule has 0 bridgehead atoms. The number of amides is 1. The standard InChI is InChI=1S/C19H18F6N8O/c1-10-4-14(19(23,24)25)30-32(10)8-15(34)29-11-5-12(20)17(27-7-11)33-9-28-16(31-33)13-6-18(21,22)2-3-26-13/h4-5,7,9,13,26H,2-3,6,8H2,1H3,(H,29,34)/t13-/m1/s1. The number of hydrogen-bond acceptors (Lipinski definition) is 6. The van der Waals surface area contributed by atoms with Gasteiger partial charge in [-0.3, -0.25) is 9.48 Å². The van der Waals surface area contributed by atoms with Gasteiger partial charge in [0.05, 0.1) is 17.9 Å². The van der Waals surface area contributed by atoms with Crippen LogP contribution in [0.5, 0.6) is 0 Å². The highest BCUT2D eigenvalue weighted by atomic mass is 19.4. The van der Waals surface area contributed by atoms with Crippen LogP contribution in [-0.4, -0.2) is 47.9 Å². The Hall–Kier alpha value is -3.49. The number of aryl methyl sites for hydroxylation is 1. The first kappa shape index (κ1) is 23.7. The van der Waals surface area contributed by atoms with E-state index in [1.165, 1.54) is 6.92 Å². The molecule has 1 atom stereocenters. The van der Waals surface area contributed by atoms with Gasteiger partial charge >= 0.3 is 6.18 Å². The molecule has 3 aromatic heterocycles. The Balaban J connectivity index is 1.43. The summed E-state index contributed by atoms with van der Waals surface area (Å²) in [7, 11) is 0. The van der Waals surface area contributed by atoms with Gasteiger partial charge in [-0.25, -0.2) is 23.1 Å².